The molecule has 2 aromatic heterocycles. The molecule has 0 aliphatic rings. The molecule has 4 rings (SSSR count). The van der Waals surface area contributed by atoms with E-state index in [1.165, 1.54) is 38.1 Å². The van der Waals surface area contributed by atoms with Gasteiger partial charge in [0.2, 0.25) is 0 Å². The van der Waals surface area contributed by atoms with Crippen molar-refractivity contribution in [2.45, 2.75) is 94.4 Å². The zero-order chi connectivity index (χ0) is 30.3. The number of aliphatic hydroxyl groups excluding tert-OH is 1. The predicted molar refractivity (Wildman–Crippen MR) is 178 cm³/mol. The van der Waals surface area contributed by atoms with Crippen molar-refractivity contribution in [3.8, 4) is 11.3 Å². The van der Waals surface area contributed by atoms with Crippen LogP contribution in [0.5, 0.6) is 0 Å². The van der Waals surface area contributed by atoms with Crippen molar-refractivity contribution in [3.63, 3.8) is 0 Å². The number of ketones is 1. The van der Waals surface area contributed by atoms with Gasteiger partial charge in [0.1, 0.15) is 0 Å². The number of rotatable bonds is 9. The Balaban J connectivity index is 0.000000334. The Morgan fingerprint density at radius 1 is 0.952 bits per heavy atom. The quantitative estimate of drug-likeness (QED) is 0.105. The third kappa shape index (κ3) is 9.08. The van der Waals surface area contributed by atoms with Crippen LogP contribution in [0.2, 0.25) is 0 Å². The van der Waals surface area contributed by atoms with Crippen LogP contribution in [0.25, 0.3) is 32.1 Å². The first-order valence-corrected chi connectivity index (χ1v) is 16.0. The van der Waals surface area contributed by atoms with Crippen molar-refractivity contribution in [1.82, 2.24) is 4.98 Å². The normalized spacial score (nSPS) is 12.0. The molecule has 0 unspecified atom stereocenters. The summed E-state index contributed by atoms with van der Waals surface area (Å²) in [6.45, 7) is 19.2. The third-order valence-corrected chi connectivity index (χ3v) is 8.84. The Morgan fingerprint density at radius 2 is 1.57 bits per heavy atom. The summed E-state index contributed by atoms with van der Waals surface area (Å²) in [5.41, 5.74) is 6.26. The topological polar surface area (TPSA) is 50.2 Å². The van der Waals surface area contributed by atoms with Crippen LogP contribution in [0.1, 0.15) is 90.8 Å². The Morgan fingerprint density at radius 3 is 2.14 bits per heavy atom. The number of nitrogens with zero attached hydrogens (tertiary/aromatic N) is 1. The smallest absolute Gasteiger partial charge is 0.162 e. The Labute approximate surface area is 271 Å². The predicted octanol–water partition coefficient (Wildman–Crippen LogP) is 11.0. The number of carbonyl (C=O) groups is 1. The molecule has 0 saturated carbocycles. The van der Waals surface area contributed by atoms with Crippen LogP contribution in [-0.2, 0) is 31.3 Å². The van der Waals surface area contributed by atoms with Gasteiger partial charge in [-0.25, -0.2) is 0 Å². The molecular weight excluding hydrogens is 715 g/mol. The van der Waals surface area contributed by atoms with Gasteiger partial charge in [0.15, 0.2) is 5.78 Å². The molecular formula is C37H48IrNO2S-. The summed E-state index contributed by atoms with van der Waals surface area (Å²) in [5, 5.41) is 16.0. The second-order valence-corrected chi connectivity index (χ2v) is 13.3. The minimum Gasteiger partial charge on any atom is -0.512 e. The first kappa shape index (κ1) is 35.9. The standard InChI is InChI=1S/C24H24NS.C13H24O2.Ir/c1-15-10-16(2)12-17(11-15)22-20-7-6-19-18(13-24(3,4)5)14-26-23(19)21(20)8-9-25-22;1-5-10(6-2)12(14)9-13(15)11(7-3)8-4;/h6-11,14H,13H2,1-5H3;9-11,14H,5-8H2,1-4H3;/q-1;;/b;12-9-;. The van der Waals surface area contributed by atoms with E-state index in [2.05, 4.69) is 76.4 Å². The number of allylic oxidation sites excluding steroid dienone is 2. The molecule has 0 bridgehead atoms. The molecule has 0 atom stereocenters. The first-order chi connectivity index (χ1) is 19.4. The van der Waals surface area contributed by atoms with Crippen molar-refractivity contribution in [2.75, 3.05) is 0 Å². The molecule has 0 saturated heterocycles. The fraction of sp³-hybridized carbons (Fsp3) is 0.459. The number of thiophene rings is 1. The number of carbonyl (C=O) groups excluding carboxylic acids is 1. The second kappa shape index (κ2) is 15.9. The monoisotopic (exact) mass is 763 g/mol. The van der Waals surface area contributed by atoms with E-state index in [1.807, 2.05) is 45.2 Å². The van der Waals surface area contributed by atoms with Crippen LogP contribution in [0.3, 0.4) is 0 Å². The van der Waals surface area contributed by atoms with E-state index in [0.717, 1.165) is 48.9 Å². The van der Waals surface area contributed by atoms with E-state index in [-0.39, 0.29) is 43.5 Å². The molecule has 42 heavy (non-hydrogen) atoms. The van der Waals surface area contributed by atoms with E-state index in [1.54, 1.807) is 0 Å². The summed E-state index contributed by atoms with van der Waals surface area (Å²) in [6, 6.07) is 14.5. The fourth-order valence-electron chi connectivity index (χ4n) is 5.53. The van der Waals surface area contributed by atoms with Crippen LogP contribution in [0, 0.1) is 37.2 Å². The molecule has 229 valence electrons. The molecule has 1 radical (unpaired) electrons. The maximum Gasteiger partial charge on any atom is 0.162 e. The number of aryl methyl sites for hydroxylation is 2. The van der Waals surface area contributed by atoms with E-state index in [9.17, 15) is 9.90 Å². The summed E-state index contributed by atoms with van der Waals surface area (Å²) < 4.78 is 1.37. The van der Waals surface area contributed by atoms with Gasteiger partial charge in [0.25, 0.3) is 0 Å². The van der Waals surface area contributed by atoms with E-state index in [4.69, 9.17) is 4.98 Å². The molecule has 4 aromatic rings. The largest absolute Gasteiger partial charge is 0.512 e. The van der Waals surface area contributed by atoms with Crippen molar-refractivity contribution in [3.05, 3.63) is 76.5 Å². The molecule has 0 aliphatic carbocycles. The van der Waals surface area contributed by atoms with Crippen LogP contribution in [0.15, 0.2) is 53.7 Å². The number of hydrogen-bond acceptors (Lipinski definition) is 4. The van der Waals surface area contributed by atoms with Gasteiger partial charge in [-0.3, -0.25) is 4.79 Å². The molecule has 5 heteroatoms. The SMILES string of the molecule is CCC(CC)C(=O)/C=C(\O)C(CC)CC.Cc1[c-]c(-c2nccc3c2ccc2c(CC(C)(C)C)csc23)cc(C)c1.[Ir]. The van der Waals surface area contributed by atoms with Crippen LogP contribution in [-0.4, -0.2) is 15.9 Å². The minimum atomic E-state index is 0. The number of aliphatic hydroxyl groups is 1. The zero-order valence-electron chi connectivity index (χ0n) is 26.9. The summed E-state index contributed by atoms with van der Waals surface area (Å²) in [5.74, 6) is 0.547. The van der Waals surface area contributed by atoms with E-state index < -0.39 is 0 Å². The maximum absolute atomic E-state index is 11.7. The van der Waals surface area contributed by atoms with Crippen molar-refractivity contribution in [1.29, 1.82) is 0 Å². The van der Waals surface area contributed by atoms with Gasteiger partial charge in [-0.1, -0.05) is 74.4 Å². The molecule has 2 aromatic carbocycles. The van der Waals surface area contributed by atoms with E-state index >= 15 is 0 Å². The van der Waals surface area contributed by atoms with Gasteiger partial charge in [0.05, 0.1) is 5.76 Å². The number of aromatic nitrogens is 1. The molecule has 1 N–H and O–H groups in total. The summed E-state index contributed by atoms with van der Waals surface area (Å²) in [7, 11) is 0. The molecule has 0 amide bonds. The van der Waals surface area contributed by atoms with Crippen LogP contribution < -0.4 is 0 Å². The van der Waals surface area contributed by atoms with Crippen molar-refractivity contribution < 1.29 is 30.0 Å². The molecule has 0 aliphatic heterocycles. The van der Waals surface area contributed by atoms with Gasteiger partial charge < -0.3 is 10.1 Å². The fourth-order valence-corrected chi connectivity index (χ4v) is 6.63. The van der Waals surface area contributed by atoms with Gasteiger partial charge in [-0.2, -0.15) is 0 Å². The first-order valence-electron chi connectivity index (χ1n) is 15.1. The molecule has 2 heterocycles. The van der Waals surface area contributed by atoms with Crippen molar-refractivity contribution >= 4 is 38.0 Å². The van der Waals surface area contributed by atoms with E-state index in [0.29, 0.717) is 5.41 Å². The number of benzene rings is 2. The summed E-state index contributed by atoms with van der Waals surface area (Å²) >= 11 is 1.86. The Bertz CT molecular complexity index is 1480. The number of pyridine rings is 1. The number of fused-ring (bicyclic) bond motifs is 3. The molecule has 0 spiro atoms. The van der Waals surface area contributed by atoms with Crippen molar-refractivity contribution in [2.24, 2.45) is 17.3 Å². The van der Waals surface area contributed by atoms with Gasteiger partial charge >= 0.3 is 0 Å². The summed E-state index contributed by atoms with van der Waals surface area (Å²) in [6.07, 6.45) is 7.94. The third-order valence-electron chi connectivity index (χ3n) is 7.77. The average Bonchev–Trinajstić information content (AvgIpc) is 3.31. The molecule has 0 fully saturated rings. The van der Waals surface area contributed by atoms with Gasteiger partial charge in [0, 0.05) is 48.9 Å². The van der Waals surface area contributed by atoms with Crippen LogP contribution >= 0.6 is 11.3 Å². The van der Waals surface area contributed by atoms with Gasteiger partial charge in [-0.05, 0) is 76.4 Å². The van der Waals surface area contributed by atoms with Crippen LogP contribution in [0.4, 0.5) is 0 Å². The molecule has 3 nitrogen and oxygen atoms in total. The Hall–Kier alpha value is -2.33. The second-order valence-electron chi connectivity index (χ2n) is 12.4. The average molecular weight is 763 g/mol. The zero-order valence-corrected chi connectivity index (χ0v) is 30.1. The maximum atomic E-state index is 11.7. The van der Waals surface area contributed by atoms with Gasteiger partial charge in [-0.15, -0.1) is 46.2 Å². The summed E-state index contributed by atoms with van der Waals surface area (Å²) in [4.78, 5) is 16.4. The minimum absolute atomic E-state index is 0. The Kier molecular flexibility index (Phi) is 13.6. The number of hydrogen-bond donors (Lipinski definition) is 1.